The summed E-state index contributed by atoms with van der Waals surface area (Å²) in [5, 5.41) is 5.59. The number of hydrogen-bond donors (Lipinski definition) is 3. The van der Waals surface area contributed by atoms with E-state index in [4.69, 9.17) is 10.5 Å². The summed E-state index contributed by atoms with van der Waals surface area (Å²) in [4.78, 5) is 29.1. The number of guanidine groups is 1. The molecular formula is C17H25FIN5O3. The van der Waals surface area contributed by atoms with Crippen LogP contribution in [-0.2, 0) is 9.53 Å². The molecule has 0 aromatic heterocycles. The largest absolute Gasteiger partial charge is 0.450 e. The van der Waals surface area contributed by atoms with Gasteiger partial charge in [-0.15, -0.1) is 24.0 Å². The highest BCUT2D eigenvalue weighted by Gasteiger charge is 2.23. The van der Waals surface area contributed by atoms with E-state index < -0.39 is 11.7 Å². The van der Waals surface area contributed by atoms with E-state index in [1.807, 2.05) is 0 Å². The highest BCUT2D eigenvalue weighted by Crippen LogP contribution is 2.11. The average molecular weight is 493 g/mol. The Morgan fingerprint density at radius 3 is 2.70 bits per heavy atom. The predicted molar refractivity (Wildman–Crippen MR) is 112 cm³/mol. The van der Waals surface area contributed by atoms with Crippen LogP contribution in [0.1, 0.15) is 19.8 Å². The number of halogens is 2. The van der Waals surface area contributed by atoms with Crippen LogP contribution in [0.2, 0.25) is 0 Å². The molecule has 1 saturated heterocycles. The van der Waals surface area contributed by atoms with Gasteiger partial charge in [-0.1, -0.05) is 6.07 Å². The Morgan fingerprint density at radius 2 is 2.07 bits per heavy atom. The van der Waals surface area contributed by atoms with Crippen LogP contribution >= 0.6 is 24.0 Å². The number of amides is 2. The SMILES string of the molecule is CCOC(=O)N1CCC(NC(N)=NCC(=O)Nc2cccc(F)c2)CC1.I. The molecule has 150 valence electrons. The lowest BCUT2D eigenvalue weighted by Gasteiger charge is -2.31. The van der Waals surface area contributed by atoms with Crippen LogP contribution in [0.3, 0.4) is 0 Å². The molecule has 1 aliphatic rings. The number of nitrogens with one attached hydrogen (secondary N) is 2. The number of rotatable bonds is 5. The van der Waals surface area contributed by atoms with E-state index in [9.17, 15) is 14.0 Å². The third-order valence-corrected chi connectivity index (χ3v) is 3.87. The molecule has 27 heavy (non-hydrogen) atoms. The first-order valence-electron chi connectivity index (χ1n) is 8.51. The van der Waals surface area contributed by atoms with Crippen molar-refractivity contribution in [2.24, 2.45) is 10.7 Å². The number of hydrogen-bond acceptors (Lipinski definition) is 4. The second-order valence-electron chi connectivity index (χ2n) is 5.86. The van der Waals surface area contributed by atoms with E-state index in [2.05, 4.69) is 15.6 Å². The second-order valence-corrected chi connectivity index (χ2v) is 5.86. The van der Waals surface area contributed by atoms with Crippen molar-refractivity contribution in [1.82, 2.24) is 10.2 Å². The fourth-order valence-electron chi connectivity index (χ4n) is 2.60. The molecule has 0 unspecified atom stereocenters. The predicted octanol–water partition coefficient (Wildman–Crippen LogP) is 1.91. The Kier molecular flexibility index (Phi) is 9.83. The first kappa shape index (κ1) is 22.9. The Bertz CT molecular complexity index is 666. The summed E-state index contributed by atoms with van der Waals surface area (Å²) in [5.41, 5.74) is 6.17. The van der Waals surface area contributed by atoms with Gasteiger partial charge in [-0.25, -0.2) is 14.2 Å². The van der Waals surface area contributed by atoms with Crippen LogP contribution < -0.4 is 16.4 Å². The highest BCUT2D eigenvalue weighted by molar-refractivity contribution is 14.0. The van der Waals surface area contributed by atoms with Gasteiger partial charge >= 0.3 is 6.09 Å². The molecule has 1 heterocycles. The molecule has 4 N–H and O–H groups in total. The van der Waals surface area contributed by atoms with Gasteiger partial charge in [0, 0.05) is 24.8 Å². The van der Waals surface area contributed by atoms with Crippen LogP contribution in [0.15, 0.2) is 29.3 Å². The van der Waals surface area contributed by atoms with E-state index >= 15 is 0 Å². The summed E-state index contributed by atoms with van der Waals surface area (Å²) in [7, 11) is 0. The zero-order chi connectivity index (χ0) is 18.9. The minimum atomic E-state index is -0.429. The number of piperidine rings is 1. The van der Waals surface area contributed by atoms with E-state index in [0.717, 1.165) is 0 Å². The zero-order valence-corrected chi connectivity index (χ0v) is 17.4. The van der Waals surface area contributed by atoms with Crippen molar-refractivity contribution in [3.63, 3.8) is 0 Å². The number of anilines is 1. The van der Waals surface area contributed by atoms with Crippen molar-refractivity contribution in [2.45, 2.75) is 25.8 Å². The summed E-state index contributed by atoms with van der Waals surface area (Å²) >= 11 is 0. The lowest BCUT2D eigenvalue weighted by atomic mass is 10.1. The van der Waals surface area contributed by atoms with Gasteiger partial charge in [0.2, 0.25) is 5.91 Å². The van der Waals surface area contributed by atoms with Crippen LogP contribution in [0.4, 0.5) is 14.9 Å². The number of carbonyl (C=O) groups is 2. The van der Waals surface area contributed by atoms with Crippen molar-refractivity contribution >= 4 is 47.6 Å². The molecule has 1 fully saturated rings. The lowest BCUT2D eigenvalue weighted by molar-refractivity contribution is -0.114. The molecule has 0 atom stereocenters. The minimum Gasteiger partial charge on any atom is -0.450 e. The number of nitrogens with two attached hydrogens (primary N) is 1. The number of aliphatic imine (C=N–C) groups is 1. The molecule has 0 bridgehead atoms. The van der Waals surface area contributed by atoms with Crippen molar-refractivity contribution in [3.05, 3.63) is 30.1 Å². The second kappa shape index (κ2) is 11.6. The maximum absolute atomic E-state index is 13.1. The monoisotopic (exact) mass is 493 g/mol. The highest BCUT2D eigenvalue weighted by atomic mass is 127. The van der Waals surface area contributed by atoms with Crippen LogP contribution in [0, 0.1) is 5.82 Å². The number of ether oxygens (including phenoxy) is 1. The maximum Gasteiger partial charge on any atom is 0.409 e. The molecule has 2 amide bonds. The minimum absolute atomic E-state index is 0. The van der Waals surface area contributed by atoms with E-state index in [-0.39, 0.29) is 48.6 Å². The number of likely N-dealkylation sites (tertiary alicyclic amines) is 1. The topological polar surface area (TPSA) is 109 Å². The van der Waals surface area contributed by atoms with Crippen LogP contribution in [-0.4, -0.2) is 55.1 Å². The van der Waals surface area contributed by atoms with Crippen molar-refractivity contribution in [1.29, 1.82) is 0 Å². The van der Waals surface area contributed by atoms with Gasteiger partial charge in [0.15, 0.2) is 5.96 Å². The molecule has 8 nitrogen and oxygen atoms in total. The van der Waals surface area contributed by atoms with Crippen molar-refractivity contribution < 1.29 is 18.7 Å². The van der Waals surface area contributed by atoms with Gasteiger partial charge in [-0.3, -0.25) is 4.79 Å². The standard InChI is InChI=1S/C17H24FN5O3.HI/c1-2-26-17(25)23-8-6-13(7-9-23)22-16(19)20-11-15(24)21-14-5-3-4-12(18)10-14;/h3-5,10,13H,2,6-9,11H2,1H3,(H,21,24)(H3,19,20,22);1H. The van der Waals surface area contributed by atoms with Gasteiger partial charge in [0.25, 0.3) is 0 Å². The summed E-state index contributed by atoms with van der Waals surface area (Å²) < 4.78 is 18.0. The third-order valence-electron chi connectivity index (χ3n) is 3.87. The number of nitrogens with zero attached hydrogens (tertiary/aromatic N) is 2. The molecule has 2 rings (SSSR count). The molecule has 0 radical (unpaired) electrons. The molecule has 10 heteroatoms. The van der Waals surface area contributed by atoms with Gasteiger partial charge in [-0.2, -0.15) is 0 Å². The summed E-state index contributed by atoms with van der Waals surface area (Å²) in [6, 6.07) is 5.69. The van der Waals surface area contributed by atoms with Crippen molar-refractivity contribution in [3.8, 4) is 0 Å². The summed E-state index contributed by atoms with van der Waals surface area (Å²) in [5.74, 6) is -0.659. The van der Waals surface area contributed by atoms with Gasteiger partial charge in [0.05, 0.1) is 6.61 Å². The third kappa shape index (κ3) is 7.97. The van der Waals surface area contributed by atoms with Crippen LogP contribution in [0.25, 0.3) is 0 Å². The smallest absolute Gasteiger partial charge is 0.409 e. The normalized spacial score (nSPS) is 14.9. The summed E-state index contributed by atoms with van der Waals surface area (Å²) in [6.07, 6.45) is 1.12. The fraction of sp³-hybridized carbons (Fsp3) is 0.471. The Morgan fingerprint density at radius 1 is 1.37 bits per heavy atom. The molecule has 1 aromatic carbocycles. The average Bonchev–Trinajstić information content (AvgIpc) is 2.61. The molecule has 1 aliphatic heterocycles. The van der Waals surface area contributed by atoms with Gasteiger partial charge in [-0.05, 0) is 38.0 Å². The first-order valence-corrected chi connectivity index (χ1v) is 8.51. The fourth-order valence-corrected chi connectivity index (χ4v) is 2.60. The number of carbonyl (C=O) groups excluding carboxylic acids is 2. The van der Waals surface area contributed by atoms with E-state index in [1.54, 1.807) is 17.9 Å². The van der Waals surface area contributed by atoms with E-state index in [1.165, 1.54) is 18.2 Å². The van der Waals surface area contributed by atoms with Gasteiger partial charge < -0.3 is 26.0 Å². The molecular weight excluding hydrogens is 468 g/mol. The van der Waals surface area contributed by atoms with Gasteiger partial charge in [0.1, 0.15) is 12.4 Å². The molecule has 0 spiro atoms. The quantitative estimate of drug-likeness (QED) is 0.330. The van der Waals surface area contributed by atoms with Crippen LogP contribution in [0.5, 0.6) is 0 Å². The molecule has 0 aliphatic carbocycles. The Labute approximate surface area is 174 Å². The first-order chi connectivity index (χ1) is 12.5. The molecule has 1 aromatic rings. The Hall–Kier alpha value is -2.11. The maximum atomic E-state index is 13.1. The zero-order valence-electron chi connectivity index (χ0n) is 15.1. The number of benzene rings is 1. The summed E-state index contributed by atoms with van der Waals surface area (Å²) in [6.45, 7) is 3.10. The van der Waals surface area contributed by atoms with E-state index in [0.29, 0.717) is 38.2 Å². The Balaban J connectivity index is 0.00000364. The molecule has 0 saturated carbocycles. The van der Waals surface area contributed by atoms with Crippen molar-refractivity contribution in [2.75, 3.05) is 31.6 Å². The lowest BCUT2D eigenvalue weighted by Crippen LogP contribution is -2.48.